The van der Waals surface area contributed by atoms with Crippen LogP contribution in [0.15, 0.2) is 18.2 Å². The van der Waals surface area contributed by atoms with Crippen LogP contribution in [0.3, 0.4) is 0 Å². The van der Waals surface area contributed by atoms with Crippen molar-refractivity contribution in [2.45, 2.75) is 32.4 Å². The molecule has 2 rings (SSSR count). The first-order valence-electron chi connectivity index (χ1n) is 6.37. The van der Waals surface area contributed by atoms with Gasteiger partial charge in [0.15, 0.2) is 0 Å². The van der Waals surface area contributed by atoms with Gasteiger partial charge in [0.25, 0.3) is 0 Å². The first-order chi connectivity index (χ1) is 8.95. The largest absolute Gasteiger partial charge is 0.481 e. The summed E-state index contributed by atoms with van der Waals surface area (Å²) in [5.74, 6) is -1.32. The lowest BCUT2D eigenvalue weighted by Gasteiger charge is -2.36. The number of carboxylic acids is 1. The number of hydrogen-bond acceptors (Lipinski definition) is 2. The molecule has 1 N–H and O–H groups in total. The number of benzene rings is 1. The highest BCUT2D eigenvalue weighted by atomic mass is 35.5. The van der Waals surface area contributed by atoms with Gasteiger partial charge < -0.3 is 5.11 Å². The molecular weight excluding hydrogens is 269 g/mol. The maximum atomic E-state index is 13.3. The predicted octanol–water partition coefficient (Wildman–Crippen LogP) is 3.16. The summed E-state index contributed by atoms with van der Waals surface area (Å²) in [7, 11) is 0. The first kappa shape index (κ1) is 14.3. The van der Waals surface area contributed by atoms with Gasteiger partial charge in [0.1, 0.15) is 5.82 Å². The topological polar surface area (TPSA) is 40.5 Å². The number of carbonyl (C=O) groups is 1. The summed E-state index contributed by atoms with van der Waals surface area (Å²) in [4.78, 5) is 13.1. The minimum atomic E-state index is -0.722. The molecule has 1 heterocycles. The molecule has 2 atom stereocenters. The maximum absolute atomic E-state index is 13.3. The average Bonchev–Trinajstić information content (AvgIpc) is 2.30. The molecule has 2 unspecified atom stereocenters. The van der Waals surface area contributed by atoms with Gasteiger partial charge in [0.05, 0.1) is 5.92 Å². The molecule has 3 nitrogen and oxygen atoms in total. The minimum absolute atomic E-state index is 0.178. The molecule has 1 saturated heterocycles. The lowest BCUT2D eigenvalue weighted by molar-refractivity contribution is -0.144. The van der Waals surface area contributed by atoms with Crippen LogP contribution in [0, 0.1) is 11.7 Å². The van der Waals surface area contributed by atoms with E-state index in [9.17, 15) is 9.18 Å². The van der Waals surface area contributed by atoms with E-state index >= 15 is 0 Å². The van der Waals surface area contributed by atoms with Crippen LogP contribution in [0.25, 0.3) is 0 Å². The molecule has 0 spiro atoms. The molecule has 0 radical (unpaired) electrons. The van der Waals surface area contributed by atoms with Gasteiger partial charge in [-0.2, -0.15) is 0 Å². The number of likely N-dealkylation sites (tertiary alicyclic amines) is 1. The van der Waals surface area contributed by atoms with Gasteiger partial charge >= 0.3 is 5.97 Å². The Morgan fingerprint density at radius 3 is 2.84 bits per heavy atom. The monoisotopic (exact) mass is 285 g/mol. The number of piperidine rings is 1. The van der Waals surface area contributed by atoms with Crippen LogP contribution >= 0.6 is 11.6 Å². The maximum Gasteiger partial charge on any atom is 0.306 e. The van der Waals surface area contributed by atoms with Gasteiger partial charge in [0, 0.05) is 17.6 Å². The van der Waals surface area contributed by atoms with Crippen LogP contribution in [0.1, 0.15) is 25.3 Å². The molecule has 1 aromatic rings. The molecule has 0 bridgehead atoms. The molecule has 0 amide bonds. The van der Waals surface area contributed by atoms with Crippen LogP contribution in [0.4, 0.5) is 4.39 Å². The van der Waals surface area contributed by atoms with Gasteiger partial charge in [-0.25, -0.2) is 4.39 Å². The second kappa shape index (κ2) is 5.88. The number of carboxylic acid groups (broad SMARTS) is 1. The van der Waals surface area contributed by atoms with E-state index in [4.69, 9.17) is 16.7 Å². The summed E-state index contributed by atoms with van der Waals surface area (Å²) in [5.41, 5.74) is 0.825. The Hall–Kier alpha value is -1.13. The van der Waals surface area contributed by atoms with E-state index in [1.54, 1.807) is 6.07 Å². The van der Waals surface area contributed by atoms with Crippen molar-refractivity contribution in [2.75, 3.05) is 6.54 Å². The second-order valence-corrected chi connectivity index (χ2v) is 5.59. The smallest absolute Gasteiger partial charge is 0.306 e. The fraction of sp³-hybridized carbons (Fsp3) is 0.500. The molecule has 1 aromatic carbocycles. The summed E-state index contributed by atoms with van der Waals surface area (Å²) >= 11 is 5.83. The van der Waals surface area contributed by atoms with Crippen LogP contribution in [0.5, 0.6) is 0 Å². The Morgan fingerprint density at radius 1 is 1.53 bits per heavy atom. The summed E-state index contributed by atoms with van der Waals surface area (Å²) in [6.45, 7) is 3.33. The Balaban J connectivity index is 2.02. The van der Waals surface area contributed by atoms with Crippen molar-refractivity contribution in [3.05, 3.63) is 34.6 Å². The quantitative estimate of drug-likeness (QED) is 0.927. The normalized spacial score (nSPS) is 24.4. The third kappa shape index (κ3) is 3.67. The van der Waals surface area contributed by atoms with E-state index in [0.717, 1.165) is 5.56 Å². The van der Waals surface area contributed by atoms with Crippen molar-refractivity contribution in [3.63, 3.8) is 0 Å². The first-order valence-corrected chi connectivity index (χ1v) is 6.75. The van der Waals surface area contributed by atoms with E-state index in [2.05, 4.69) is 4.90 Å². The summed E-state index contributed by atoms with van der Waals surface area (Å²) in [6, 6.07) is 4.69. The zero-order valence-corrected chi connectivity index (χ0v) is 11.5. The van der Waals surface area contributed by atoms with Crippen molar-refractivity contribution < 1.29 is 14.3 Å². The molecule has 5 heteroatoms. The van der Waals surface area contributed by atoms with Crippen molar-refractivity contribution in [1.82, 2.24) is 4.90 Å². The van der Waals surface area contributed by atoms with E-state index in [1.807, 2.05) is 6.92 Å². The van der Waals surface area contributed by atoms with E-state index in [-0.39, 0.29) is 17.8 Å². The van der Waals surface area contributed by atoms with Crippen LogP contribution in [-0.4, -0.2) is 28.6 Å². The standard InChI is InChI=1S/C14H17ClFNO2/c1-9-4-11(14(18)19)2-3-17(9)8-10-5-12(15)7-13(16)6-10/h5-7,9,11H,2-4,8H2,1H3,(H,18,19). The van der Waals surface area contributed by atoms with E-state index in [0.29, 0.717) is 31.0 Å². The molecule has 19 heavy (non-hydrogen) atoms. The molecule has 0 aromatic heterocycles. The zero-order chi connectivity index (χ0) is 14.0. The Morgan fingerprint density at radius 2 is 2.26 bits per heavy atom. The van der Waals surface area contributed by atoms with Crippen LogP contribution in [0.2, 0.25) is 5.02 Å². The fourth-order valence-corrected chi connectivity index (χ4v) is 2.86. The van der Waals surface area contributed by atoms with E-state index in [1.165, 1.54) is 12.1 Å². The third-order valence-electron chi connectivity index (χ3n) is 3.67. The molecule has 104 valence electrons. The summed E-state index contributed by atoms with van der Waals surface area (Å²) in [5, 5.41) is 9.41. The molecular formula is C14H17ClFNO2. The Labute approximate surface area is 117 Å². The summed E-state index contributed by atoms with van der Waals surface area (Å²) < 4.78 is 13.3. The molecule has 0 saturated carbocycles. The average molecular weight is 286 g/mol. The number of rotatable bonds is 3. The molecule has 0 aliphatic carbocycles. The van der Waals surface area contributed by atoms with Crippen molar-refractivity contribution in [3.8, 4) is 0 Å². The molecule has 1 aliphatic rings. The summed E-state index contributed by atoms with van der Waals surface area (Å²) in [6.07, 6.45) is 1.28. The van der Waals surface area contributed by atoms with Crippen molar-refractivity contribution >= 4 is 17.6 Å². The SMILES string of the molecule is CC1CC(C(=O)O)CCN1Cc1cc(F)cc(Cl)c1. The van der Waals surface area contributed by atoms with Crippen LogP contribution < -0.4 is 0 Å². The van der Waals surface area contributed by atoms with Crippen molar-refractivity contribution in [2.24, 2.45) is 5.92 Å². The van der Waals surface area contributed by atoms with Gasteiger partial charge in [-0.1, -0.05) is 11.6 Å². The second-order valence-electron chi connectivity index (χ2n) is 5.16. The predicted molar refractivity (Wildman–Crippen MR) is 71.6 cm³/mol. The Kier molecular flexibility index (Phi) is 4.42. The van der Waals surface area contributed by atoms with Gasteiger partial charge in [0.2, 0.25) is 0 Å². The number of nitrogens with zero attached hydrogens (tertiary/aromatic N) is 1. The highest BCUT2D eigenvalue weighted by Gasteiger charge is 2.29. The van der Waals surface area contributed by atoms with Gasteiger partial charge in [-0.15, -0.1) is 0 Å². The van der Waals surface area contributed by atoms with Crippen LogP contribution in [-0.2, 0) is 11.3 Å². The Bertz CT molecular complexity index is 460. The molecule has 1 aliphatic heterocycles. The lowest BCUT2D eigenvalue weighted by atomic mass is 9.91. The minimum Gasteiger partial charge on any atom is -0.481 e. The number of halogens is 2. The van der Waals surface area contributed by atoms with Gasteiger partial charge in [-0.05, 0) is 50.1 Å². The zero-order valence-electron chi connectivity index (χ0n) is 10.8. The molecule has 1 fully saturated rings. The fourth-order valence-electron chi connectivity index (χ4n) is 2.62. The number of aliphatic carboxylic acids is 1. The number of hydrogen-bond donors (Lipinski definition) is 1. The highest BCUT2D eigenvalue weighted by Crippen LogP contribution is 2.25. The third-order valence-corrected chi connectivity index (χ3v) is 3.89. The van der Waals surface area contributed by atoms with E-state index < -0.39 is 5.97 Å². The van der Waals surface area contributed by atoms with Crippen molar-refractivity contribution in [1.29, 1.82) is 0 Å². The highest BCUT2D eigenvalue weighted by molar-refractivity contribution is 6.30. The van der Waals surface area contributed by atoms with Gasteiger partial charge in [-0.3, -0.25) is 9.69 Å². The lowest BCUT2D eigenvalue weighted by Crippen LogP contribution is -2.42.